The van der Waals surface area contributed by atoms with Crippen LogP contribution in [0.15, 0.2) is 43.0 Å². The van der Waals surface area contributed by atoms with Crippen LogP contribution in [-0.2, 0) is 11.2 Å². The number of carbonyl (C=O) groups is 1. The van der Waals surface area contributed by atoms with Crippen LogP contribution in [-0.4, -0.2) is 30.4 Å². The van der Waals surface area contributed by atoms with E-state index in [-0.39, 0.29) is 11.8 Å². The lowest BCUT2D eigenvalue weighted by Gasteiger charge is -2.27. The Kier molecular flexibility index (Phi) is 6.00. The summed E-state index contributed by atoms with van der Waals surface area (Å²) in [6.45, 7) is 5.78. The van der Waals surface area contributed by atoms with Gasteiger partial charge in [0, 0.05) is 19.0 Å². The Morgan fingerprint density at radius 1 is 1.33 bits per heavy atom. The monoisotopic (exact) mass is 286 g/mol. The molecule has 1 saturated carbocycles. The quantitative estimate of drug-likeness (QED) is 0.783. The van der Waals surface area contributed by atoms with E-state index in [0.717, 1.165) is 32.2 Å². The Hall–Kier alpha value is -1.61. The smallest absolute Gasteiger partial charge is 0.226 e. The minimum absolute atomic E-state index is 0.116. The van der Waals surface area contributed by atoms with Crippen LogP contribution in [0.5, 0.6) is 0 Å². The molecule has 3 heteroatoms. The molecule has 1 amide bonds. The summed E-state index contributed by atoms with van der Waals surface area (Å²) in [5.41, 5.74) is 7.08. The van der Waals surface area contributed by atoms with E-state index in [1.54, 1.807) is 0 Å². The summed E-state index contributed by atoms with van der Waals surface area (Å²) in [5.74, 6) is 0.742. The Bertz CT molecular complexity index is 458. The van der Waals surface area contributed by atoms with Gasteiger partial charge >= 0.3 is 0 Å². The second kappa shape index (κ2) is 7.99. The summed E-state index contributed by atoms with van der Waals surface area (Å²) < 4.78 is 0. The molecule has 114 valence electrons. The lowest BCUT2D eigenvalue weighted by molar-refractivity contribution is -0.136. The normalized spacial score (nSPS) is 21.2. The van der Waals surface area contributed by atoms with Crippen molar-refractivity contribution in [1.82, 2.24) is 4.90 Å². The minimum atomic E-state index is 0.116. The summed E-state index contributed by atoms with van der Waals surface area (Å²) in [4.78, 5) is 14.7. The van der Waals surface area contributed by atoms with Crippen molar-refractivity contribution >= 4 is 5.91 Å². The molecule has 0 saturated heterocycles. The Labute approximate surface area is 127 Å². The van der Waals surface area contributed by atoms with Gasteiger partial charge in [0.25, 0.3) is 0 Å². The maximum absolute atomic E-state index is 12.7. The molecule has 1 aromatic rings. The van der Waals surface area contributed by atoms with E-state index in [2.05, 4.69) is 18.7 Å². The summed E-state index contributed by atoms with van der Waals surface area (Å²) >= 11 is 0. The van der Waals surface area contributed by atoms with E-state index in [4.69, 9.17) is 5.73 Å². The molecule has 2 atom stereocenters. The van der Waals surface area contributed by atoms with Crippen LogP contribution in [0.1, 0.15) is 24.8 Å². The van der Waals surface area contributed by atoms with E-state index in [0.29, 0.717) is 19.0 Å². The van der Waals surface area contributed by atoms with Gasteiger partial charge in [-0.1, -0.05) is 42.8 Å². The summed E-state index contributed by atoms with van der Waals surface area (Å²) in [5, 5.41) is 0. The first-order valence-corrected chi connectivity index (χ1v) is 7.90. The number of rotatable bonds is 7. The molecule has 0 bridgehead atoms. The van der Waals surface area contributed by atoms with Crippen LogP contribution in [0.4, 0.5) is 0 Å². The minimum Gasteiger partial charge on any atom is -0.338 e. The number of nitrogens with zero attached hydrogens (tertiary/aromatic N) is 1. The van der Waals surface area contributed by atoms with Gasteiger partial charge in [0.15, 0.2) is 0 Å². The van der Waals surface area contributed by atoms with Gasteiger partial charge in [-0.05, 0) is 37.3 Å². The lowest BCUT2D eigenvalue weighted by Crippen LogP contribution is -2.40. The number of amides is 1. The zero-order chi connectivity index (χ0) is 15.1. The molecule has 3 nitrogen and oxygen atoms in total. The summed E-state index contributed by atoms with van der Waals surface area (Å²) in [7, 11) is 0. The maximum atomic E-state index is 12.7. The number of nitrogens with two attached hydrogens (primary N) is 1. The van der Waals surface area contributed by atoms with Crippen molar-refractivity contribution in [2.24, 2.45) is 17.6 Å². The van der Waals surface area contributed by atoms with E-state index in [1.807, 2.05) is 29.2 Å². The van der Waals surface area contributed by atoms with Gasteiger partial charge in [0.1, 0.15) is 0 Å². The number of hydrogen-bond acceptors (Lipinski definition) is 2. The van der Waals surface area contributed by atoms with Gasteiger partial charge in [0.05, 0.1) is 0 Å². The number of hydrogen-bond donors (Lipinski definition) is 1. The fraction of sp³-hybridized carbons (Fsp3) is 0.500. The molecule has 1 aliphatic carbocycles. The third-order valence-corrected chi connectivity index (χ3v) is 4.45. The Morgan fingerprint density at radius 2 is 2.10 bits per heavy atom. The maximum Gasteiger partial charge on any atom is 0.226 e. The van der Waals surface area contributed by atoms with Crippen molar-refractivity contribution < 1.29 is 4.79 Å². The average Bonchev–Trinajstić information content (AvgIpc) is 3.00. The average molecular weight is 286 g/mol. The third-order valence-electron chi connectivity index (χ3n) is 4.45. The van der Waals surface area contributed by atoms with E-state index in [1.165, 1.54) is 5.56 Å². The van der Waals surface area contributed by atoms with Crippen molar-refractivity contribution in [3.63, 3.8) is 0 Å². The van der Waals surface area contributed by atoms with Crippen molar-refractivity contribution in [2.75, 3.05) is 19.6 Å². The summed E-state index contributed by atoms with van der Waals surface area (Å²) in [6, 6.07) is 10.3. The van der Waals surface area contributed by atoms with Gasteiger partial charge in [-0.15, -0.1) is 6.58 Å². The van der Waals surface area contributed by atoms with Crippen LogP contribution in [0, 0.1) is 11.8 Å². The molecular formula is C18H26N2O. The van der Waals surface area contributed by atoms with Crippen LogP contribution in [0.2, 0.25) is 0 Å². The Morgan fingerprint density at radius 3 is 2.76 bits per heavy atom. The SMILES string of the molecule is C=CCN(CCc1ccccc1)C(=O)[C@@H]1CCC[C@@H]1CN. The molecule has 1 aliphatic rings. The van der Waals surface area contributed by atoms with Gasteiger partial charge in [0.2, 0.25) is 5.91 Å². The molecule has 0 radical (unpaired) electrons. The standard InChI is InChI=1S/C18H26N2O/c1-2-12-20(13-11-15-7-4-3-5-8-15)18(21)17-10-6-9-16(17)14-19/h2-5,7-8,16-17H,1,6,9-14,19H2/t16-,17-/m1/s1. The highest BCUT2D eigenvalue weighted by Crippen LogP contribution is 2.32. The zero-order valence-electron chi connectivity index (χ0n) is 12.7. The molecule has 0 aromatic heterocycles. The fourth-order valence-corrected chi connectivity index (χ4v) is 3.23. The van der Waals surface area contributed by atoms with Gasteiger partial charge in [-0.3, -0.25) is 4.79 Å². The summed E-state index contributed by atoms with van der Waals surface area (Å²) in [6.07, 6.45) is 5.90. The highest BCUT2D eigenvalue weighted by molar-refractivity contribution is 5.79. The predicted octanol–water partition coefficient (Wildman–Crippen LogP) is 2.62. The fourth-order valence-electron chi connectivity index (χ4n) is 3.23. The second-order valence-corrected chi connectivity index (χ2v) is 5.84. The zero-order valence-corrected chi connectivity index (χ0v) is 12.7. The van der Waals surface area contributed by atoms with Gasteiger partial charge in [-0.2, -0.15) is 0 Å². The van der Waals surface area contributed by atoms with E-state index < -0.39 is 0 Å². The first kappa shape index (κ1) is 15.8. The topological polar surface area (TPSA) is 46.3 Å². The molecule has 2 rings (SSSR count). The van der Waals surface area contributed by atoms with Gasteiger partial charge in [-0.25, -0.2) is 0 Å². The van der Waals surface area contributed by atoms with Crippen molar-refractivity contribution in [1.29, 1.82) is 0 Å². The van der Waals surface area contributed by atoms with Crippen molar-refractivity contribution in [2.45, 2.75) is 25.7 Å². The predicted molar refractivity (Wildman–Crippen MR) is 86.8 cm³/mol. The lowest BCUT2D eigenvalue weighted by atomic mass is 9.94. The second-order valence-electron chi connectivity index (χ2n) is 5.84. The van der Waals surface area contributed by atoms with Crippen LogP contribution < -0.4 is 5.73 Å². The van der Waals surface area contributed by atoms with E-state index >= 15 is 0 Å². The largest absolute Gasteiger partial charge is 0.338 e. The van der Waals surface area contributed by atoms with Crippen LogP contribution in [0.25, 0.3) is 0 Å². The Balaban J connectivity index is 1.97. The molecule has 0 aliphatic heterocycles. The molecule has 2 N–H and O–H groups in total. The third kappa shape index (κ3) is 4.18. The first-order valence-electron chi connectivity index (χ1n) is 7.90. The highest BCUT2D eigenvalue weighted by atomic mass is 16.2. The number of carbonyl (C=O) groups excluding carboxylic acids is 1. The van der Waals surface area contributed by atoms with Crippen LogP contribution >= 0.6 is 0 Å². The molecule has 1 fully saturated rings. The molecule has 1 aromatic carbocycles. The molecular weight excluding hydrogens is 260 g/mol. The molecule has 0 spiro atoms. The number of benzene rings is 1. The van der Waals surface area contributed by atoms with Crippen molar-refractivity contribution in [3.05, 3.63) is 48.6 Å². The molecule has 0 unspecified atom stereocenters. The van der Waals surface area contributed by atoms with Gasteiger partial charge < -0.3 is 10.6 Å². The van der Waals surface area contributed by atoms with Crippen molar-refractivity contribution in [3.8, 4) is 0 Å². The first-order chi connectivity index (χ1) is 10.3. The van der Waals surface area contributed by atoms with Crippen LogP contribution in [0.3, 0.4) is 0 Å². The molecule has 0 heterocycles. The molecule has 21 heavy (non-hydrogen) atoms. The van der Waals surface area contributed by atoms with E-state index in [9.17, 15) is 4.79 Å². The highest BCUT2D eigenvalue weighted by Gasteiger charge is 2.34.